The molecular formula is C16H22N4O3. The molecule has 7 heteroatoms. The lowest BCUT2D eigenvalue weighted by molar-refractivity contribution is -0.385. The van der Waals surface area contributed by atoms with Crippen LogP contribution < -0.4 is 5.32 Å². The molecule has 0 spiro atoms. The van der Waals surface area contributed by atoms with E-state index in [4.69, 9.17) is 0 Å². The molecule has 2 saturated heterocycles. The first-order valence-corrected chi connectivity index (χ1v) is 8.05. The molecule has 3 rings (SSSR count). The summed E-state index contributed by atoms with van der Waals surface area (Å²) in [6, 6.07) is 5.08. The van der Waals surface area contributed by atoms with Crippen molar-refractivity contribution in [2.45, 2.75) is 19.4 Å². The molecule has 23 heavy (non-hydrogen) atoms. The summed E-state index contributed by atoms with van der Waals surface area (Å²) in [4.78, 5) is 27.6. The molecule has 1 N–H and O–H groups in total. The second kappa shape index (κ2) is 6.64. The second-order valence-corrected chi connectivity index (χ2v) is 6.26. The van der Waals surface area contributed by atoms with E-state index in [9.17, 15) is 14.9 Å². The largest absolute Gasteiger partial charge is 0.337 e. The first kappa shape index (κ1) is 15.9. The van der Waals surface area contributed by atoms with E-state index >= 15 is 0 Å². The van der Waals surface area contributed by atoms with Gasteiger partial charge in [-0.3, -0.25) is 19.8 Å². The fourth-order valence-corrected chi connectivity index (χ4v) is 3.42. The lowest BCUT2D eigenvalue weighted by Crippen LogP contribution is -2.49. The van der Waals surface area contributed by atoms with E-state index in [1.54, 1.807) is 17.0 Å². The summed E-state index contributed by atoms with van der Waals surface area (Å²) in [5.74, 6) is -0.224. The van der Waals surface area contributed by atoms with Crippen molar-refractivity contribution in [2.75, 3.05) is 39.3 Å². The minimum absolute atomic E-state index is 0.105. The molecule has 0 aliphatic carbocycles. The molecule has 1 unspecified atom stereocenters. The van der Waals surface area contributed by atoms with E-state index < -0.39 is 4.92 Å². The number of piperazine rings is 1. The van der Waals surface area contributed by atoms with Crippen molar-refractivity contribution < 1.29 is 9.72 Å². The Labute approximate surface area is 135 Å². The Morgan fingerprint density at radius 1 is 1.30 bits per heavy atom. The minimum Gasteiger partial charge on any atom is -0.337 e. The SMILES string of the molecule is Cc1ccc([N+](=O)[O-])c(C(=O)N2CCC(N3CCNCC3)C2)c1. The number of carbonyl (C=O) groups excluding carboxylic acids is 1. The van der Waals surface area contributed by atoms with E-state index in [-0.39, 0.29) is 17.2 Å². The predicted octanol–water partition coefficient (Wildman–Crippen LogP) is 1.02. The third kappa shape index (κ3) is 3.35. The van der Waals surface area contributed by atoms with Crippen LogP contribution in [0.25, 0.3) is 0 Å². The van der Waals surface area contributed by atoms with Gasteiger partial charge in [-0.1, -0.05) is 6.07 Å². The molecule has 1 aromatic carbocycles. The summed E-state index contributed by atoms with van der Waals surface area (Å²) in [7, 11) is 0. The Hall–Kier alpha value is -1.99. The van der Waals surface area contributed by atoms with Crippen LogP contribution >= 0.6 is 0 Å². The van der Waals surface area contributed by atoms with Crippen LogP contribution in [0.3, 0.4) is 0 Å². The summed E-state index contributed by atoms with van der Waals surface area (Å²) in [6.45, 7) is 7.12. The highest BCUT2D eigenvalue weighted by Crippen LogP contribution is 2.24. The van der Waals surface area contributed by atoms with Crippen molar-refractivity contribution in [1.82, 2.24) is 15.1 Å². The summed E-state index contributed by atoms with van der Waals surface area (Å²) >= 11 is 0. The topological polar surface area (TPSA) is 78.7 Å². The standard InChI is InChI=1S/C16H22N4O3/c1-12-2-3-15(20(22)23)14(10-12)16(21)19-7-4-13(11-19)18-8-5-17-6-9-18/h2-3,10,13,17H,4-9,11H2,1H3. The quantitative estimate of drug-likeness (QED) is 0.665. The number of carbonyl (C=O) groups is 1. The fourth-order valence-electron chi connectivity index (χ4n) is 3.42. The van der Waals surface area contributed by atoms with Crippen molar-refractivity contribution in [2.24, 2.45) is 0 Å². The highest BCUT2D eigenvalue weighted by Gasteiger charge is 2.33. The maximum Gasteiger partial charge on any atom is 0.282 e. The highest BCUT2D eigenvalue weighted by molar-refractivity contribution is 5.98. The molecule has 0 aromatic heterocycles. The number of aryl methyl sites for hydroxylation is 1. The molecule has 1 amide bonds. The maximum atomic E-state index is 12.7. The summed E-state index contributed by atoms with van der Waals surface area (Å²) < 4.78 is 0. The molecule has 0 radical (unpaired) electrons. The number of rotatable bonds is 3. The summed E-state index contributed by atoms with van der Waals surface area (Å²) in [5, 5.41) is 14.5. The van der Waals surface area contributed by atoms with E-state index in [1.807, 2.05) is 6.92 Å². The van der Waals surface area contributed by atoms with E-state index in [0.717, 1.165) is 38.2 Å². The third-order valence-corrected chi connectivity index (χ3v) is 4.70. The van der Waals surface area contributed by atoms with Crippen LogP contribution in [-0.4, -0.2) is 65.9 Å². The van der Waals surface area contributed by atoms with Crippen LogP contribution in [0, 0.1) is 17.0 Å². The van der Waals surface area contributed by atoms with E-state index in [0.29, 0.717) is 19.1 Å². The molecule has 0 saturated carbocycles. The Morgan fingerprint density at radius 2 is 2.04 bits per heavy atom. The number of amides is 1. The van der Waals surface area contributed by atoms with Crippen molar-refractivity contribution in [3.63, 3.8) is 0 Å². The lowest BCUT2D eigenvalue weighted by atomic mass is 10.1. The number of likely N-dealkylation sites (tertiary alicyclic amines) is 1. The molecule has 1 atom stereocenters. The van der Waals surface area contributed by atoms with Gasteiger partial charge in [0.05, 0.1) is 4.92 Å². The van der Waals surface area contributed by atoms with Crippen LogP contribution in [0.1, 0.15) is 22.3 Å². The van der Waals surface area contributed by atoms with E-state index in [1.165, 1.54) is 6.07 Å². The van der Waals surface area contributed by atoms with Gasteiger partial charge in [-0.05, 0) is 25.0 Å². The van der Waals surface area contributed by atoms with Gasteiger partial charge in [0.2, 0.25) is 0 Å². The molecule has 7 nitrogen and oxygen atoms in total. The van der Waals surface area contributed by atoms with Gasteiger partial charge in [-0.15, -0.1) is 0 Å². The zero-order valence-electron chi connectivity index (χ0n) is 13.3. The van der Waals surface area contributed by atoms with Crippen molar-refractivity contribution in [3.8, 4) is 0 Å². The number of nitrogens with one attached hydrogen (secondary N) is 1. The van der Waals surface area contributed by atoms with Crippen LogP contribution in [0.15, 0.2) is 18.2 Å². The number of hydrogen-bond acceptors (Lipinski definition) is 5. The number of nitrogens with zero attached hydrogens (tertiary/aromatic N) is 3. The Bertz CT molecular complexity index is 613. The van der Waals surface area contributed by atoms with Gasteiger partial charge in [0.25, 0.3) is 11.6 Å². The van der Waals surface area contributed by atoms with E-state index in [2.05, 4.69) is 10.2 Å². The van der Waals surface area contributed by atoms with Crippen LogP contribution in [-0.2, 0) is 0 Å². The average molecular weight is 318 g/mol. The number of benzene rings is 1. The van der Waals surface area contributed by atoms with Crippen LogP contribution in [0.4, 0.5) is 5.69 Å². The molecule has 2 aliphatic heterocycles. The molecule has 2 heterocycles. The number of hydrogen-bond donors (Lipinski definition) is 1. The van der Waals surface area contributed by atoms with Crippen LogP contribution in [0.5, 0.6) is 0 Å². The predicted molar refractivity (Wildman–Crippen MR) is 86.6 cm³/mol. The molecule has 2 fully saturated rings. The van der Waals surface area contributed by atoms with Gasteiger partial charge < -0.3 is 10.2 Å². The monoisotopic (exact) mass is 318 g/mol. The van der Waals surface area contributed by atoms with Gasteiger partial charge in [0.1, 0.15) is 5.56 Å². The second-order valence-electron chi connectivity index (χ2n) is 6.26. The normalized spacial score (nSPS) is 22.3. The van der Waals surface area contributed by atoms with Crippen molar-refractivity contribution >= 4 is 11.6 Å². The van der Waals surface area contributed by atoms with Crippen molar-refractivity contribution in [1.29, 1.82) is 0 Å². The van der Waals surface area contributed by atoms with Crippen molar-refractivity contribution in [3.05, 3.63) is 39.4 Å². The molecule has 1 aromatic rings. The van der Waals surface area contributed by atoms with Gasteiger partial charge >= 0.3 is 0 Å². The summed E-state index contributed by atoms with van der Waals surface area (Å²) in [6.07, 6.45) is 0.936. The smallest absolute Gasteiger partial charge is 0.282 e. The zero-order chi connectivity index (χ0) is 16.4. The van der Waals surface area contributed by atoms with Crippen LogP contribution in [0.2, 0.25) is 0 Å². The number of nitro benzene ring substituents is 1. The molecule has 0 bridgehead atoms. The lowest BCUT2D eigenvalue weighted by Gasteiger charge is -2.32. The van der Waals surface area contributed by atoms with Gasteiger partial charge in [0, 0.05) is 51.4 Å². The Kier molecular flexibility index (Phi) is 4.58. The fraction of sp³-hybridized carbons (Fsp3) is 0.562. The summed E-state index contributed by atoms with van der Waals surface area (Å²) in [5.41, 5.74) is 0.957. The average Bonchev–Trinajstić information content (AvgIpc) is 3.04. The maximum absolute atomic E-state index is 12.7. The molecule has 124 valence electrons. The van der Waals surface area contributed by atoms with Gasteiger partial charge in [-0.2, -0.15) is 0 Å². The zero-order valence-corrected chi connectivity index (χ0v) is 13.3. The van der Waals surface area contributed by atoms with Gasteiger partial charge in [0.15, 0.2) is 0 Å². The Morgan fingerprint density at radius 3 is 2.74 bits per heavy atom. The van der Waals surface area contributed by atoms with Gasteiger partial charge in [-0.25, -0.2) is 0 Å². The Balaban J connectivity index is 1.74. The first-order chi connectivity index (χ1) is 11.1. The minimum atomic E-state index is -0.476. The highest BCUT2D eigenvalue weighted by atomic mass is 16.6. The third-order valence-electron chi connectivity index (χ3n) is 4.70. The number of nitro groups is 1. The molecule has 2 aliphatic rings. The first-order valence-electron chi connectivity index (χ1n) is 8.05. The molecular weight excluding hydrogens is 296 g/mol.